The monoisotopic (exact) mass is 586 g/mol. The minimum absolute atomic E-state index is 0. The summed E-state index contributed by atoms with van der Waals surface area (Å²) in [5.41, 5.74) is 8.15. The number of amides is 3. The number of methoxy groups -OCH3 is 1. The van der Waals surface area contributed by atoms with E-state index in [9.17, 15) is 19.5 Å². The molecular weight excluding hydrogens is 544 g/mol. The second-order valence-corrected chi connectivity index (χ2v) is 12.0. The number of hydrogen-bond acceptors (Lipinski definition) is 6. The molecule has 0 aromatic heterocycles. The van der Waals surface area contributed by atoms with E-state index in [1.165, 1.54) is 7.11 Å². The van der Waals surface area contributed by atoms with E-state index in [0.717, 1.165) is 36.1 Å². The molecule has 1 saturated carbocycles. The molecule has 1 fully saturated rings. The van der Waals surface area contributed by atoms with Crippen molar-refractivity contribution in [3.63, 3.8) is 0 Å². The van der Waals surface area contributed by atoms with E-state index in [1.807, 2.05) is 68.4 Å². The number of carbonyl (C=O) groups excluding carboxylic acids is 3. The number of ether oxygens (including phenoxy) is 1. The van der Waals surface area contributed by atoms with E-state index in [-0.39, 0.29) is 43.2 Å². The number of fused-ring (bicyclic) bond motifs is 1. The summed E-state index contributed by atoms with van der Waals surface area (Å²) in [5, 5.41) is 16.6. The van der Waals surface area contributed by atoms with Gasteiger partial charge in [0.1, 0.15) is 0 Å². The number of benzene rings is 2. The fraction of sp³-hybridized carbons (Fsp3) is 0.516. The molecule has 1 aliphatic carbocycles. The lowest BCUT2D eigenvalue weighted by Gasteiger charge is -2.41. The van der Waals surface area contributed by atoms with E-state index < -0.39 is 29.1 Å². The van der Waals surface area contributed by atoms with Gasteiger partial charge in [0.25, 0.3) is 0 Å². The Balaban J connectivity index is 0.00000462. The molecule has 0 saturated heterocycles. The summed E-state index contributed by atoms with van der Waals surface area (Å²) in [7, 11) is 1.31. The summed E-state index contributed by atoms with van der Waals surface area (Å²) in [6, 6.07) is 16.6. The number of halogens is 1. The molecule has 2 aliphatic rings. The summed E-state index contributed by atoms with van der Waals surface area (Å²) < 4.78 is 4.75. The zero-order chi connectivity index (χ0) is 28.9. The quantitative estimate of drug-likeness (QED) is 0.337. The molecule has 3 amide bonds. The van der Waals surface area contributed by atoms with Gasteiger partial charge in [-0.15, -0.1) is 12.4 Å². The highest BCUT2D eigenvalue weighted by Crippen LogP contribution is 2.44. The topological polar surface area (TPSA) is 134 Å². The van der Waals surface area contributed by atoms with Crippen LogP contribution in [-0.4, -0.2) is 61.4 Å². The van der Waals surface area contributed by atoms with Gasteiger partial charge in [-0.2, -0.15) is 0 Å². The molecule has 2 aromatic rings. The van der Waals surface area contributed by atoms with Gasteiger partial charge in [-0.3, -0.25) is 9.59 Å². The summed E-state index contributed by atoms with van der Waals surface area (Å²) in [4.78, 5) is 40.2. The van der Waals surface area contributed by atoms with Crippen molar-refractivity contribution < 1.29 is 24.2 Å². The number of alkyl carbamates (subject to hydrolysis) is 1. The number of nitrogens with two attached hydrogens (primary N) is 1. The largest absolute Gasteiger partial charge is 0.453 e. The van der Waals surface area contributed by atoms with Gasteiger partial charge in [0.05, 0.1) is 24.7 Å². The minimum Gasteiger partial charge on any atom is -0.453 e. The number of aliphatic hydroxyl groups excluding tert-OH is 1. The molecule has 0 radical (unpaired) electrons. The maximum atomic E-state index is 13.5. The van der Waals surface area contributed by atoms with Gasteiger partial charge in [0, 0.05) is 31.2 Å². The summed E-state index contributed by atoms with van der Waals surface area (Å²) in [6.45, 7) is 4.30. The molecule has 1 aliphatic heterocycles. The predicted molar refractivity (Wildman–Crippen MR) is 161 cm³/mol. The highest BCUT2D eigenvalue weighted by molar-refractivity contribution is 5.95. The molecule has 4 rings (SSSR count). The van der Waals surface area contributed by atoms with Crippen LogP contribution in [0.3, 0.4) is 0 Å². The Morgan fingerprint density at radius 2 is 1.78 bits per heavy atom. The number of anilines is 1. The number of aliphatic hydroxyl groups is 1. The normalized spacial score (nSPS) is 19.0. The number of hydrogen-bond donors (Lipinski definition) is 4. The lowest BCUT2D eigenvalue weighted by molar-refractivity contribution is -0.130. The third-order valence-electron chi connectivity index (χ3n) is 8.31. The molecule has 9 nitrogen and oxygen atoms in total. The first-order valence-electron chi connectivity index (χ1n) is 14.0. The first-order valence-corrected chi connectivity index (χ1v) is 14.0. The summed E-state index contributed by atoms with van der Waals surface area (Å²) >= 11 is 0. The van der Waals surface area contributed by atoms with Crippen LogP contribution in [0.5, 0.6) is 0 Å². The van der Waals surface area contributed by atoms with Crippen molar-refractivity contribution in [1.82, 2.24) is 10.6 Å². The Morgan fingerprint density at radius 1 is 1.12 bits per heavy atom. The van der Waals surface area contributed by atoms with Gasteiger partial charge in [-0.1, -0.05) is 68.8 Å². The Hall–Kier alpha value is -3.14. The van der Waals surface area contributed by atoms with Crippen molar-refractivity contribution in [2.45, 2.75) is 76.0 Å². The van der Waals surface area contributed by atoms with Gasteiger partial charge in [-0.25, -0.2) is 4.79 Å². The molecule has 5 N–H and O–H groups in total. The van der Waals surface area contributed by atoms with Gasteiger partial charge < -0.3 is 31.1 Å². The number of carbonyl (C=O) groups is 3. The lowest BCUT2D eigenvalue weighted by atomic mass is 9.64. The van der Waals surface area contributed by atoms with Crippen LogP contribution in [-0.2, 0) is 26.2 Å². The highest BCUT2D eigenvalue weighted by Gasteiger charge is 2.45. The van der Waals surface area contributed by atoms with Gasteiger partial charge in [0.2, 0.25) is 11.8 Å². The van der Waals surface area contributed by atoms with Crippen LogP contribution in [0.1, 0.15) is 57.1 Å². The predicted octanol–water partition coefficient (Wildman–Crippen LogP) is 3.45. The Bertz CT molecular complexity index is 1200. The van der Waals surface area contributed by atoms with Crippen molar-refractivity contribution >= 4 is 36.0 Å². The maximum Gasteiger partial charge on any atom is 0.407 e. The van der Waals surface area contributed by atoms with E-state index in [0.29, 0.717) is 19.4 Å². The zero-order valence-corrected chi connectivity index (χ0v) is 24.9. The van der Waals surface area contributed by atoms with Gasteiger partial charge >= 0.3 is 6.09 Å². The van der Waals surface area contributed by atoms with E-state index in [1.54, 1.807) is 4.90 Å². The molecule has 10 heteroatoms. The van der Waals surface area contributed by atoms with Crippen LogP contribution in [0.25, 0.3) is 0 Å². The fourth-order valence-electron chi connectivity index (χ4n) is 5.96. The first kappa shape index (κ1) is 32.4. The van der Waals surface area contributed by atoms with Crippen LogP contribution < -0.4 is 21.3 Å². The fourth-order valence-corrected chi connectivity index (χ4v) is 5.96. The van der Waals surface area contributed by atoms with E-state index in [4.69, 9.17) is 10.5 Å². The lowest BCUT2D eigenvalue weighted by Crippen LogP contribution is -2.53. The second-order valence-electron chi connectivity index (χ2n) is 12.0. The van der Waals surface area contributed by atoms with Crippen LogP contribution in [0, 0.1) is 5.41 Å². The average molecular weight is 587 g/mol. The molecule has 1 unspecified atom stereocenters. The Labute approximate surface area is 248 Å². The van der Waals surface area contributed by atoms with Crippen molar-refractivity contribution in [3.8, 4) is 0 Å². The molecule has 1 heterocycles. The number of nitrogens with zero attached hydrogens (tertiary/aromatic N) is 1. The van der Waals surface area contributed by atoms with Crippen LogP contribution in [0.15, 0.2) is 54.6 Å². The van der Waals surface area contributed by atoms with Crippen LogP contribution in [0.2, 0.25) is 0 Å². The molecule has 0 bridgehead atoms. The average Bonchev–Trinajstić information content (AvgIpc) is 2.90. The van der Waals surface area contributed by atoms with Crippen molar-refractivity contribution in [2.24, 2.45) is 11.1 Å². The molecule has 224 valence electrons. The van der Waals surface area contributed by atoms with Crippen molar-refractivity contribution in [3.05, 3.63) is 65.7 Å². The van der Waals surface area contributed by atoms with Gasteiger partial charge in [0.15, 0.2) is 0 Å². The third-order valence-corrected chi connectivity index (χ3v) is 8.31. The van der Waals surface area contributed by atoms with Crippen molar-refractivity contribution in [2.75, 3.05) is 25.1 Å². The van der Waals surface area contributed by atoms with E-state index in [2.05, 4.69) is 10.6 Å². The smallest absolute Gasteiger partial charge is 0.407 e. The highest BCUT2D eigenvalue weighted by atomic mass is 35.5. The molecular formula is C31H43ClN4O5. The molecule has 41 heavy (non-hydrogen) atoms. The second kappa shape index (κ2) is 13.7. The Kier molecular flexibility index (Phi) is 10.8. The summed E-state index contributed by atoms with van der Waals surface area (Å²) in [6.07, 6.45) is 2.29. The maximum absolute atomic E-state index is 13.5. The Morgan fingerprint density at radius 3 is 2.41 bits per heavy atom. The molecule has 3 atom stereocenters. The van der Waals surface area contributed by atoms with E-state index >= 15 is 0 Å². The van der Waals surface area contributed by atoms with Gasteiger partial charge in [-0.05, 0) is 48.3 Å². The summed E-state index contributed by atoms with van der Waals surface area (Å²) in [5.74, 6) is -0.164. The van der Waals surface area contributed by atoms with Crippen LogP contribution >= 0.6 is 12.4 Å². The SMILES string of the molecule is COC(=O)NC1Cc2ccccc2N(C(=O)CC(C)(C)C[C@H](N)[C@@H](O)CNC(=O)C2(c3ccccc3)CCC2)C1.Cl. The number of para-hydroxylation sites is 1. The zero-order valence-electron chi connectivity index (χ0n) is 24.1. The van der Waals surface area contributed by atoms with Crippen molar-refractivity contribution in [1.29, 1.82) is 0 Å². The minimum atomic E-state index is -0.949. The van der Waals surface area contributed by atoms with Crippen LogP contribution in [0.4, 0.5) is 10.5 Å². The standard InChI is InChI=1S/C31H42N4O5.ClH/c1-30(2,18-27(37)35-20-23(34-29(39)40-3)16-21-10-7-8-13-25(21)35)17-24(32)26(36)19-33-28(38)31(14-9-15-31)22-11-5-4-6-12-22;/h4-8,10-13,23-24,26,36H,9,14-20,32H2,1-3H3,(H,33,38)(H,34,39);1H/t23?,24-,26-;/m0./s1. The number of rotatable bonds is 10. The third kappa shape index (κ3) is 7.58. The molecule has 0 spiro atoms. The molecule has 2 aromatic carbocycles. The number of nitrogens with one attached hydrogen (secondary N) is 2. The first-order chi connectivity index (χ1) is 19.0.